The Morgan fingerprint density at radius 1 is 0.652 bits per heavy atom. The summed E-state index contributed by atoms with van der Waals surface area (Å²) in [5.74, 6) is -1.16. The van der Waals surface area contributed by atoms with E-state index in [1.165, 1.54) is 16.4 Å². The minimum atomic E-state index is -4.02. The molecule has 0 aliphatic rings. The number of hydrogen-bond acceptors (Lipinski definition) is 8. The predicted octanol–water partition coefficient (Wildman–Crippen LogP) is 3.34. The third-order valence-electron chi connectivity index (χ3n) is 6.92. The molecule has 2 N–H and O–H groups in total. The first-order valence-electron chi connectivity index (χ1n) is 14.2. The zero-order chi connectivity index (χ0) is 33.2. The molecule has 244 valence electrons. The fraction of sp³-hybridized carbons (Fsp3) is 0.219. The average Bonchev–Trinajstić information content (AvgIpc) is 3.06. The van der Waals surface area contributed by atoms with Gasteiger partial charge in [0.1, 0.15) is 6.54 Å². The van der Waals surface area contributed by atoms with Crippen LogP contribution in [-0.2, 0) is 64.9 Å². The Labute approximate surface area is 270 Å². The highest BCUT2D eigenvalue weighted by Crippen LogP contribution is 2.27. The van der Waals surface area contributed by atoms with E-state index < -0.39 is 42.6 Å². The molecule has 0 saturated carbocycles. The summed E-state index contributed by atoms with van der Waals surface area (Å²) >= 11 is 0. The highest BCUT2D eigenvalue weighted by atomic mass is 32.2. The standard InChI is InChI=1S/C32H35N3O8S3/c1-43-32(36)23-34-45(39,40)25-29-14-12-28(13-15-29)24-35(46(41,42)31-10-6-3-7-11-31)30-18-16-27(17-19-30)22-33-44(37,38)21-20-26-8-4-2-5-9-26/h2-19,33-34H,20-25H2,1H3. The number of ether oxygens (including phenoxy) is 1. The van der Waals surface area contributed by atoms with E-state index in [1.54, 1.807) is 66.7 Å². The van der Waals surface area contributed by atoms with Crippen molar-refractivity contribution in [3.8, 4) is 0 Å². The van der Waals surface area contributed by atoms with Crippen LogP contribution in [0.25, 0.3) is 0 Å². The van der Waals surface area contributed by atoms with Gasteiger partial charge in [-0.2, -0.15) is 0 Å². The Morgan fingerprint density at radius 2 is 1.22 bits per heavy atom. The summed E-state index contributed by atoms with van der Waals surface area (Å²) in [6.07, 6.45) is 0.379. The molecule has 0 radical (unpaired) electrons. The van der Waals surface area contributed by atoms with Crippen molar-refractivity contribution in [2.24, 2.45) is 0 Å². The van der Waals surface area contributed by atoms with Gasteiger partial charge in [0, 0.05) is 6.54 Å². The van der Waals surface area contributed by atoms with Gasteiger partial charge < -0.3 is 4.74 Å². The van der Waals surface area contributed by atoms with Gasteiger partial charge in [0.15, 0.2) is 0 Å². The van der Waals surface area contributed by atoms with Crippen molar-refractivity contribution in [3.63, 3.8) is 0 Å². The lowest BCUT2D eigenvalue weighted by Gasteiger charge is -2.25. The van der Waals surface area contributed by atoms with E-state index in [2.05, 4.69) is 14.2 Å². The molecule has 14 heteroatoms. The monoisotopic (exact) mass is 685 g/mol. The zero-order valence-electron chi connectivity index (χ0n) is 25.1. The van der Waals surface area contributed by atoms with E-state index in [0.29, 0.717) is 28.8 Å². The molecule has 0 atom stereocenters. The maximum atomic E-state index is 13.8. The number of sulfonamides is 3. The van der Waals surface area contributed by atoms with E-state index >= 15 is 0 Å². The van der Waals surface area contributed by atoms with Crippen molar-refractivity contribution in [3.05, 3.63) is 131 Å². The average molecular weight is 686 g/mol. The number of carbonyl (C=O) groups is 1. The van der Waals surface area contributed by atoms with Gasteiger partial charge in [0.05, 0.1) is 35.7 Å². The lowest BCUT2D eigenvalue weighted by molar-refractivity contribution is -0.139. The summed E-state index contributed by atoms with van der Waals surface area (Å²) in [5.41, 5.74) is 2.96. The van der Waals surface area contributed by atoms with Crippen LogP contribution in [0.4, 0.5) is 5.69 Å². The Kier molecular flexibility index (Phi) is 11.7. The van der Waals surface area contributed by atoms with Crippen LogP contribution in [0.15, 0.2) is 114 Å². The van der Waals surface area contributed by atoms with E-state index in [-0.39, 0.29) is 29.5 Å². The van der Waals surface area contributed by atoms with Crippen molar-refractivity contribution in [1.29, 1.82) is 0 Å². The zero-order valence-corrected chi connectivity index (χ0v) is 27.5. The molecule has 4 aromatic rings. The number of benzene rings is 4. The minimum absolute atomic E-state index is 0.0433. The molecule has 0 spiro atoms. The van der Waals surface area contributed by atoms with Gasteiger partial charge in [-0.1, -0.05) is 84.9 Å². The maximum absolute atomic E-state index is 13.8. The number of anilines is 1. The number of hydrogen-bond donors (Lipinski definition) is 2. The Bertz CT molecular complexity index is 1920. The number of nitrogens with one attached hydrogen (secondary N) is 2. The van der Waals surface area contributed by atoms with Crippen molar-refractivity contribution in [2.75, 3.05) is 23.7 Å². The largest absolute Gasteiger partial charge is 0.468 e. The van der Waals surface area contributed by atoms with Crippen LogP contribution in [0.3, 0.4) is 0 Å². The summed E-state index contributed by atoms with van der Waals surface area (Å²) in [4.78, 5) is 11.4. The topological polar surface area (TPSA) is 156 Å². The molecule has 11 nitrogen and oxygen atoms in total. The van der Waals surface area contributed by atoms with Crippen LogP contribution in [0, 0.1) is 0 Å². The number of esters is 1. The molecule has 0 aromatic heterocycles. The SMILES string of the molecule is COC(=O)CNS(=O)(=O)Cc1ccc(CN(c2ccc(CNS(=O)(=O)CCc3ccccc3)cc2)S(=O)(=O)c2ccccc2)cc1. The molecule has 4 aromatic carbocycles. The molecule has 46 heavy (non-hydrogen) atoms. The first-order valence-corrected chi connectivity index (χ1v) is 18.9. The van der Waals surface area contributed by atoms with Crippen LogP contribution in [0.5, 0.6) is 0 Å². The fourth-order valence-corrected chi connectivity index (χ4v) is 7.98. The smallest absolute Gasteiger partial charge is 0.320 e. The third-order valence-corrected chi connectivity index (χ3v) is 11.3. The molecular formula is C32H35N3O8S3. The van der Waals surface area contributed by atoms with Crippen LogP contribution in [0.2, 0.25) is 0 Å². The van der Waals surface area contributed by atoms with Gasteiger partial charge >= 0.3 is 5.97 Å². The quantitative estimate of drug-likeness (QED) is 0.170. The fourth-order valence-electron chi connectivity index (χ4n) is 4.40. The van der Waals surface area contributed by atoms with Crippen LogP contribution >= 0.6 is 0 Å². The van der Waals surface area contributed by atoms with Crippen LogP contribution in [0.1, 0.15) is 22.3 Å². The van der Waals surface area contributed by atoms with Crippen LogP contribution in [-0.4, -0.2) is 50.6 Å². The minimum Gasteiger partial charge on any atom is -0.468 e. The summed E-state index contributed by atoms with van der Waals surface area (Å²) in [7, 11) is -10.2. The predicted molar refractivity (Wildman–Crippen MR) is 176 cm³/mol. The normalized spacial score (nSPS) is 12.0. The molecule has 0 aliphatic carbocycles. The molecule has 0 saturated heterocycles. The second-order valence-corrected chi connectivity index (χ2v) is 15.9. The highest BCUT2D eigenvalue weighted by molar-refractivity contribution is 7.92. The Balaban J connectivity index is 1.48. The van der Waals surface area contributed by atoms with Gasteiger partial charge in [-0.15, -0.1) is 0 Å². The van der Waals surface area contributed by atoms with Gasteiger partial charge in [0.25, 0.3) is 10.0 Å². The number of methoxy groups -OCH3 is 1. The molecule has 0 aliphatic heterocycles. The van der Waals surface area contributed by atoms with E-state index in [4.69, 9.17) is 0 Å². The summed E-state index contributed by atoms with van der Waals surface area (Å²) in [5, 5.41) is 0. The lowest BCUT2D eigenvalue weighted by atomic mass is 10.1. The molecule has 0 heterocycles. The maximum Gasteiger partial charge on any atom is 0.320 e. The van der Waals surface area contributed by atoms with Crippen LogP contribution < -0.4 is 13.7 Å². The highest BCUT2D eigenvalue weighted by Gasteiger charge is 2.25. The molecule has 0 unspecified atom stereocenters. The molecule has 0 bridgehead atoms. The Hall–Kier alpha value is -4.08. The molecule has 0 amide bonds. The molecule has 0 fully saturated rings. The molecular weight excluding hydrogens is 651 g/mol. The first kappa shape index (κ1) is 34.8. The van der Waals surface area contributed by atoms with E-state index in [0.717, 1.165) is 12.7 Å². The second-order valence-electron chi connectivity index (χ2n) is 10.3. The van der Waals surface area contributed by atoms with Crippen molar-refractivity contribution < 1.29 is 34.8 Å². The summed E-state index contributed by atoms with van der Waals surface area (Å²) in [6.45, 7) is -0.500. The number of carbonyl (C=O) groups excluding carboxylic acids is 1. The van der Waals surface area contributed by atoms with E-state index in [9.17, 15) is 30.0 Å². The number of rotatable bonds is 16. The van der Waals surface area contributed by atoms with Gasteiger partial charge in [-0.3, -0.25) is 9.10 Å². The number of nitrogens with zero attached hydrogens (tertiary/aromatic N) is 1. The summed E-state index contributed by atoms with van der Waals surface area (Å²) < 4.78 is 87.8. The lowest BCUT2D eigenvalue weighted by Crippen LogP contribution is -2.31. The second kappa shape index (κ2) is 15.5. The summed E-state index contributed by atoms with van der Waals surface area (Å²) in [6, 6.07) is 30.3. The van der Waals surface area contributed by atoms with Gasteiger partial charge in [0.2, 0.25) is 20.0 Å². The first-order chi connectivity index (χ1) is 21.9. The molecule has 4 rings (SSSR count). The number of aryl methyl sites for hydroxylation is 1. The Morgan fingerprint density at radius 3 is 1.83 bits per heavy atom. The van der Waals surface area contributed by atoms with E-state index in [1.807, 2.05) is 30.3 Å². The van der Waals surface area contributed by atoms with Crippen molar-refractivity contribution >= 4 is 41.7 Å². The van der Waals surface area contributed by atoms with Gasteiger partial charge in [-0.05, 0) is 52.9 Å². The van der Waals surface area contributed by atoms with Crippen molar-refractivity contribution in [1.82, 2.24) is 9.44 Å². The van der Waals surface area contributed by atoms with Gasteiger partial charge in [-0.25, -0.2) is 34.7 Å². The third kappa shape index (κ3) is 10.2. The van der Waals surface area contributed by atoms with Crippen molar-refractivity contribution in [2.45, 2.75) is 30.2 Å².